The first-order chi connectivity index (χ1) is 5.26. The van der Waals surface area contributed by atoms with Gasteiger partial charge in [-0.05, 0) is 30.7 Å². The molecule has 1 aromatic rings. The van der Waals surface area contributed by atoms with Gasteiger partial charge in [-0.15, -0.1) is 0 Å². The van der Waals surface area contributed by atoms with Gasteiger partial charge >= 0.3 is 0 Å². The standard InChI is InChI=1S/C9H6N2/c1-7-2-8(5-10)4-9(3-7)6-11/h2-4H,1H3. The second kappa shape index (κ2) is 2.86. The van der Waals surface area contributed by atoms with E-state index in [1.807, 2.05) is 19.1 Å². The Morgan fingerprint density at radius 1 is 1.00 bits per heavy atom. The molecule has 0 heterocycles. The van der Waals surface area contributed by atoms with Crippen LogP contribution >= 0.6 is 0 Å². The number of benzene rings is 1. The summed E-state index contributed by atoms with van der Waals surface area (Å²) in [6.07, 6.45) is 0. The van der Waals surface area contributed by atoms with Crippen molar-refractivity contribution in [1.29, 1.82) is 10.5 Å². The average molecular weight is 142 g/mol. The Hall–Kier alpha value is -1.80. The minimum absolute atomic E-state index is 0.543. The van der Waals surface area contributed by atoms with E-state index in [0.717, 1.165) is 5.56 Å². The zero-order chi connectivity index (χ0) is 8.27. The normalized spacial score (nSPS) is 8.27. The third-order valence-electron chi connectivity index (χ3n) is 1.34. The zero-order valence-corrected chi connectivity index (χ0v) is 6.13. The molecule has 11 heavy (non-hydrogen) atoms. The van der Waals surface area contributed by atoms with Crippen LogP contribution < -0.4 is 0 Å². The van der Waals surface area contributed by atoms with E-state index >= 15 is 0 Å². The number of aryl methyl sites for hydroxylation is 1. The molecule has 0 fully saturated rings. The second-order valence-corrected chi connectivity index (χ2v) is 2.31. The Bertz CT molecular complexity index is 321. The molecule has 0 bridgehead atoms. The molecular weight excluding hydrogens is 136 g/mol. The molecule has 0 saturated carbocycles. The average Bonchev–Trinajstić information content (AvgIpc) is 2.03. The quantitative estimate of drug-likeness (QED) is 0.553. The van der Waals surface area contributed by atoms with Crippen molar-refractivity contribution in [2.75, 3.05) is 0 Å². The maximum atomic E-state index is 8.52. The van der Waals surface area contributed by atoms with Gasteiger partial charge in [-0.3, -0.25) is 0 Å². The lowest BCUT2D eigenvalue weighted by Gasteiger charge is -1.93. The van der Waals surface area contributed by atoms with Gasteiger partial charge in [-0.25, -0.2) is 0 Å². The molecule has 0 unspecified atom stereocenters. The number of rotatable bonds is 0. The Morgan fingerprint density at radius 2 is 1.45 bits per heavy atom. The van der Waals surface area contributed by atoms with Gasteiger partial charge in [0.2, 0.25) is 0 Å². The molecule has 0 amide bonds. The molecule has 2 heteroatoms. The highest BCUT2D eigenvalue weighted by molar-refractivity contribution is 5.41. The van der Waals surface area contributed by atoms with Crippen molar-refractivity contribution in [3.05, 3.63) is 34.9 Å². The van der Waals surface area contributed by atoms with Crippen LogP contribution in [0.1, 0.15) is 16.7 Å². The summed E-state index contributed by atoms with van der Waals surface area (Å²) in [5.41, 5.74) is 2.03. The topological polar surface area (TPSA) is 47.6 Å². The summed E-state index contributed by atoms with van der Waals surface area (Å²) >= 11 is 0. The third-order valence-corrected chi connectivity index (χ3v) is 1.34. The zero-order valence-electron chi connectivity index (χ0n) is 6.13. The molecule has 0 aliphatic carbocycles. The minimum Gasteiger partial charge on any atom is -0.192 e. The molecule has 0 atom stereocenters. The van der Waals surface area contributed by atoms with Crippen molar-refractivity contribution in [3.8, 4) is 12.1 Å². The number of nitrogens with zero attached hydrogens (tertiary/aromatic N) is 2. The summed E-state index contributed by atoms with van der Waals surface area (Å²) in [6.45, 7) is 1.86. The maximum Gasteiger partial charge on any atom is 0.0992 e. The first-order valence-corrected chi connectivity index (χ1v) is 3.18. The minimum atomic E-state index is 0.543. The summed E-state index contributed by atoms with van der Waals surface area (Å²) in [7, 11) is 0. The molecule has 0 saturated heterocycles. The summed E-state index contributed by atoms with van der Waals surface area (Å²) < 4.78 is 0. The summed E-state index contributed by atoms with van der Waals surface area (Å²) in [5, 5.41) is 17.0. The smallest absolute Gasteiger partial charge is 0.0992 e. The van der Waals surface area contributed by atoms with Crippen molar-refractivity contribution in [2.24, 2.45) is 0 Å². The summed E-state index contributed by atoms with van der Waals surface area (Å²) in [6, 6.07) is 9.06. The van der Waals surface area contributed by atoms with Crippen LogP contribution in [-0.4, -0.2) is 0 Å². The highest BCUT2D eigenvalue weighted by atomic mass is 14.3. The maximum absolute atomic E-state index is 8.52. The number of hydrogen-bond acceptors (Lipinski definition) is 2. The van der Waals surface area contributed by atoms with Gasteiger partial charge in [-0.1, -0.05) is 0 Å². The van der Waals surface area contributed by atoms with Crippen LogP contribution in [0, 0.1) is 29.6 Å². The predicted molar refractivity (Wildman–Crippen MR) is 40.6 cm³/mol. The Morgan fingerprint density at radius 3 is 1.82 bits per heavy atom. The van der Waals surface area contributed by atoms with E-state index in [1.54, 1.807) is 18.2 Å². The van der Waals surface area contributed by atoms with Crippen molar-refractivity contribution >= 4 is 0 Å². The fourth-order valence-corrected chi connectivity index (χ4v) is 0.912. The van der Waals surface area contributed by atoms with Crippen LogP contribution in [0.2, 0.25) is 0 Å². The fourth-order valence-electron chi connectivity index (χ4n) is 0.912. The van der Waals surface area contributed by atoms with Crippen molar-refractivity contribution in [3.63, 3.8) is 0 Å². The van der Waals surface area contributed by atoms with E-state index in [-0.39, 0.29) is 0 Å². The number of nitriles is 2. The lowest BCUT2D eigenvalue weighted by molar-refractivity contribution is 1.39. The Labute approximate surface area is 65.3 Å². The number of hydrogen-bond donors (Lipinski definition) is 0. The van der Waals surface area contributed by atoms with Crippen LogP contribution in [-0.2, 0) is 0 Å². The lowest BCUT2D eigenvalue weighted by Crippen LogP contribution is -1.81. The van der Waals surface area contributed by atoms with Gasteiger partial charge < -0.3 is 0 Å². The first kappa shape index (κ1) is 7.31. The Kier molecular flexibility index (Phi) is 1.90. The van der Waals surface area contributed by atoms with Gasteiger partial charge in [0.05, 0.1) is 23.3 Å². The second-order valence-electron chi connectivity index (χ2n) is 2.31. The van der Waals surface area contributed by atoms with Crippen LogP contribution in [0.4, 0.5) is 0 Å². The molecule has 0 aliphatic rings. The molecule has 1 aromatic carbocycles. The van der Waals surface area contributed by atoms with Gasteiger partial charge in [0, 0.05) is 0 Å². The largest absolute Gasteiger partial charge is 0.192 e. The Balaban J connectivity index is 3.28. The van der Waals surface area contributed by atoms with E-state index in [2.05, 4.69) is 0 Å². The molecule has 0 aromatic heterocycles. The molecule has 52 valence electrons. The highest BCUT2D eigenvalue weighted by Crippen LogP contribution is 2.07. The first-order valence-electron chi connectivity index (χ1n) is 3.18. The lowest BCUT2D eigenvalue weighted by atomic mass is 10.1. The van der Waals surface area contributed by atoms with Gasteiger partial charge in [0.15, 0.2) is 0 Å². The third kappa shape index (κ3) is 1.56. The highest BCUT2D eigenvalue weighted by Gasteiger charge is 1.95. The van der Waals surface area contributed by atoms with Gasteiger partial charge in [-0.2, -0.15) is 10.5 Å². The SMILES string of the molecule is Cc1cc(C#N)cc(C#N)c1. The molecular formula is C9H6N2. The summed E-state index contributed by atoms with van der Waals surface area (Å²) in [5.74, 6) is 0. The van der Waals surface area contributed by atoms with Gasteiger partial charge in [0.25, 0.3) is 0 Å². The van der Waals surface area contributed by atoms with Crippen molar-refractivity contribution in [2.45, 2.75) is 6.92 Å². The van der Waals surface area contributed by atoms with Crippen molar-refractivity contribution in [1.82, 2.24) is 0 Å². The van der Waals surface area contributed by atoms with E-state index in [9.17, 15) is 0 Å². The van der Waals surface area contributed by atoms with Crippen LogP contribution in [0.25, 0.3) is 0 Å². The molecule has 1 rings (SSSR count). The fraction of sp³-hybridized carbons (Fsp3) is 0.111. The van der Waals surface area contributed by atoms with E-state index in [1.165, 1.54) is 0 Å². The van der Waals surface area contributed by atoms with Crippen LogP contribution in [0.3, 0.4) is 0 Å². The van der Waals surface area contributed by atoms with E-state index < -0.39 is 0 Å². The molecule has 2 nitrogen and oxygen atoms in total. The van der Waals surface area contributed by atoms with E-state index in [4.69, 9.17) is 10.5 Å². The van der Waals surface area contributed by atoms with Crippen LogP contribution in [0.15, 0.2) is 18.2 Å². The monoisotopic (exact) mass is 142 g/mol. The van der Waals surface area contributed by atoms with Crippen molar-refractivity contribution < 1.29 is 0 Å². The molecule has 0 radical (unpaired) electrons. The predicted octanol–water partition coefficient (Wildman–Crippen LogP) is 1.74. The summed E-state index contributed by atoms with van der Waals surface area (Å²) in [4.78, 5) is 0. The molecule has 0 N–H and O–H groups in total. The molecule has 0 spiro atoms. The van der Waals surface area contributed by atoms with E-state index in [0.29, 0.717) is 11.1 Å². The van der Waals surface area contributed by atoms with Gasteiger partial charge in [0.1, 0.15) is 0 Å². The molecule has 0 aliphatic heterocycles. The van der Waals surface area contributed by atoms with Crippen LogP contribution in [0.5, 0.6) is 0 Å².